The van der Waals surface area contributed by atoms with E-state index in [1.165, 1.54) is 108 Å². The number of hydrogen-bond donors (Lipinski definition) is 0. The molecule has 14 aromatic rings. The third-order valence-corrected chi connectivity index (χ3v) is 18.9. The first-order chi connectivity index (χ1) is 37.2. The molecule has 2 nitrogen and oxygen atoms in total. The third kappa shape index (κ3) is 7.59. The van der Waals surface area contributed by atoms with Crippen LogP contribution in [0.15, 0.2) is 323 Å². The van der Waals surface area contributed by atoms with Gasteiger partial charge in [-0.2, -0.15) is 0 Å². The number of benzene rings is 12. The molecule has 3 heteroatoms. The summed E-state index contributed by atoms with van der Waals surface area (Å²) in [6, 6.07) is 112. The molecule has 2 heterocycles. The fourth-order valence-electron chi connectivity index (χ4n) is 11.5. The summed E-state index contributed by atoms with van der Waals surface area (Å²) >= 11 is 0. The lowest BCUT2D eigenvalue weighted by Crippen LogP contribution is -2.05. The predicted octanol–water partition coefficient (Wildman–Crippen LogP) is 19.9. The monoisotopic (exact) mass is 974 g/mol. The molecule has 0 amide bonds. The van der Waals surface area contributed by atoms with E-state index in [0.717, 1.165) is 11.4 Å². The Bertz CT molecular complexity index is 4270. The topological polar surface area (TPSA) is 9.86 Å². The number of aromatic nitrogens is 2. The molecule has 0 fully saturated rings. The maximum absolute atomic E-state index is 2.43. The molecule has 0 aliphatic carbocycles. The number of para-hydroxylation sites is 2. The normalized spacial score (nSPS) is 11.9. The van der Waals surface area contributed by atoms with Gasteiger partial charge in [0.1, 0.15) is 0 Å². The summed E-state index contributed by atoms with van der Waals surface area (Å²) in [6.07, 6.45) is 0. The van der Waals surface area contributed by atoms with Crippen LogP contribution in [0.2, 0.25) is 0 Å². The first-order valence-corrected chi connectivity index (χ1v) is 27.4. The summed E-state index contributed by atoms with van der Waals surface area (Å²) in [5.74, 6) is 0. The van der Waals surface area contributed by atoms with Crippen LogP contribution >= 0.6 is 10.0 Å². The van der Waals surface area contributed by atoms with Gasteiger partial charge in [0.25, 0.3) is 0 Å². The Morgan fingerprint density at radius 1 is 0.187 bits per heavy atom. The molecule has 0 saturated carbocycles. The van der Waals surface area contributed by atoms with Crippen molar-refractivity contribution >= 4 is 53.6 Å². The van der Waals surface area contributed by atoms with Crippen molar-refractivity contribution in [3.63, 3.8) is 0 Å². The lowest BCUT2D eigenvalue weighted by Gasteiger charge is -2.42. The number of nitrogens with zero attached hydrogens (tertiary/aromatic N) is 2. The Kier molecular flexibility index (Phi) is 11.0. The first kappa shape index (κ1) is 44.3. The lowest BCUT2D eigenvalue weighted by molar-refractivity contribution is 1.18. The van der Waals surface area contributed by atoms with Crippen LogP contribution in [0.5, 0.6) is 0 Å². The average Bonchev–Trinajstić information content (AvgIpc) is 4.02. The van der Waals surface area contributed by atoms with Gasteiger partial charge in [-0.15, -0.1) is 10.0 Å². The van der Waals surface area contributed by atoms with E-state index in [0.29, 0.717) is 0 Å². The standard InChI is InChI=1S/C72H50N2S/c1-5-19-51(20-6-1)55-21-17-23-60(47-55)74-70-34-16-14-32-66(70)68-50-58(42-46-72(68)74)53-37-35-52(36-38-53)57-41-45-71-67(49-57)65-31-13-15-33-69(65)73(71)59-43-39-54(40-44-59)56-22-18-30-64(48-56)75(61-24-7-2-8-25-61,62-26-9-3-10-27-62)63-28-11-4-12-29-63/h1-50H. The van der Waals surface area contributed by atoms with Gasteiger partial charge in [-0.3, -0.25) is 0 Å². The summed E-state index contributed by atoms with van der Waals surface area (Å²) in [4.78, 5) is 5.26. The highest BCUT2D eigenvalue weighted by atomic mass is 32.3. The van der Waals surface area contributed by atoms with Crippen LogP contribution in [-0.2, 0) is 0 Å². The minimum atomic E-state index is -1.81. The molecule has 0 unspecified atom stereocenters. The molecule has 0 N–H and O–H groups in total. The second kappa shape index (κ2) is 18.6. The molecule has 0 saturated heterocycles. The molecule has 0 aliphatic heterocycles. The second-order valence-electron chi connectivity index (χ2n) is 19.3. The Labute approximate surface area is 439 Å². The van der Waals surface area contributed by atoms with Crippen LogP contribution in [-0.4, -0.2) is 9.13 Å². The van der Waals surface area contributed by atoms with Crippen molar-refractivity contribution in [2.75, 3.05) is 0 Å². The fourth-order valence-corrected chi connectivity index (χ4v) is 15.4. The van der Waals surface area contributed by atoms with Crippen molar-refractivity contribution in [2.24, 2.45) is 0 Å². The van der Waals surface area contributed by atoms with E-state index < -0.39 is 10.0 Å². The van der Waals surface area contributed by atoms with Gasteiger partial charge in [0.15, 0.2) is 0 Å². The summed E-state index contributed by atoms with van der Waals surface area (Å²) in [5.41, 5.74) is 16.7. The fraction of sp³-hybridized carbons (Fsp3) is 0. The highest BCUT2D eigenvalue weighted by Gasteiger charge is 2.33. The molecule has 354 valence electrons. The van der Waals surface area contributed by atoms with Gasteiger partial charge in [-0.1, -0.05) is 194 Å². The van der Waals surface area contributed by atoms with E-state index in [9.17, 15) is 0 Å². The molecule has 0 aliphatic rings. The zero-order valence-corrected chi connectivity index (χ0v) is 42.0. The summed E-state index contributed by atoms with van der Waals surface area (Å²) in [6.45, 7) is 0. The molecular formula is C72H50N2S. The minimum absolute atomic E-state index is 1.14. The van der Waals surface area contributed by atoms with Crippen LogP contribution in [0.4, 0.5) is 0 Å². The number of hydrogen-bond acceptors (Lipinski definition) is 0. The molecule has 0 radical (unpaired) electrons. The van der Waals surface area contributed by atoms with Crippen LogP contribution in [0.3, 0.4) is 0 Å². The molecular weight excluding hydrogens is 925 g/mol. The average molecular weight is 975 g/mol. The number of rotatable bonds is 10. The maximum Gasteiger partial charge on any atom is 0.0541 e. The Morgan fingerprint density at radius 3 is 1.03 bits per heavy atom. The summed E-state index contributed by atoms with van der Waals surface area (Å²) in [5, 5.41) is 4.97. The third-order valence-electron chi connectivity index (χ3n) is 15.0. The predicted molar refractivity (Wildman–Crippen MR) is 317 cm³/mol. The van der Waals surface area contributed by atoms with Gasteiger partial charge in [0, 0.05) is 52.5 Å². The minimum Gasteiger partial charge on any atom is -0.309 e. The van der Waals surface area contributed by atoms with Crippen molar-refractivity contribution in [1.82, 2.24) is 9.13 Å². The van der Waals surface area contributed by atoms with Crippen LogP contribution in [0.1, 0.15) is 0 Å². The zero-order chi connectivity index (χ0) is 49.7. The van der Waals surface area contributed by atoms with Crippen LogP contribution in [0, 0.1) is 0 Å². The molecule has 14 rings (SSSR count). The largest absolute Gasteiger partial charge is 0.309 e. The van der Waals surface area contributed by atoms with Gasteiger partial charge in [-0.05, 0) is 154 Å². The summed E-state index contributed by atoms with van der Waals surface area (Å²) in [7, 11) is -1.81. The quantitative estimate of drug-likeness (QED) is 0.129. The van der Waals surface area contributed by atoms with Crippen molar-refractivity contribution < 1.29 is 0 Å². The van der Waals surface area contributed by atoms with Gasteiger partial charge in [0.05, 0.1) is 22.1 Å². The van der Waals surface area contributed by atoms with Crippen LogP contribution < -0.4 is 0 Å². The zero-order valence-electron chi connectivity index (χ0n) is 41.2. The smallest absolute Gasteiger partial charge is 0.0541 e. The molecule has 0 spiro atoms. The van der Waals surface area contributed by atoms with E-state index in [2.05, 4.69) is 312 Å². The molecule has 2 aromatic heterocycles. The van der Waals surface area contributed by atoms with Gasteiger partial charge in [0.2, 0.25) is 0 Å². The Balaban J connectivity index is 0.788. The van der Waals surface area contributed by atoms with Crippen molar-refractivity contribution in [1.29, 1.82) is 0 Å². The lowest BCUT2D eigenvalue weighted by atomic mass is 9.98. The first-order valence-electron chi connectivity index (χ1n) is 25.7. The molecule has 75 heavy (non-hydrogen) atoms. The van der Waals surface area contributed by atoms with Crippen molar-refractivity contribution in [3.8, 4) is 55.9 Å². The van der Waals surface area contributed by atoms with E-state index >= 15 is 0 Å². The maximum atomic E-state index is 2.43. The molecule has 0 atom stereocenters. The van der Waals surface area contributed by atoms with E-state index in [-0.39, 0.29) is 0 Å². The molecule has 0 bridgehead atoms. The van der Waals surface area contributed by atoms with E-state index in [4.69, 9.17) is 0 Å². The van der Waals surface area contributed by atoms with Gasteiger partial charge in [-0.25, -0.2) is 0 Å². The molecule has 12 aromatic carbocycles. The SMILES string of the molecule is c1ccc(-c2cccc(-n3c4ccccc4c4cc(-c5ccc(-c6ccc7c(c6)c6ccccc6n7-c6ccc(-c7cccc(S(c8ccccc8)(c8ccccc8)c8ccccc8)c7)cc6)cc5)ccc43)c2)cc1. The Hall–Kier alpha value is -9.41. The highest BCUT2D eigenvalue weighted by molar-refractivity contribution is 8.34. The second-order valence-corrected chi connectivity index (χ2v) is 22.4. The van der Waals surface area contributed by atoms with Gasteiger partial charge < -0.3 is 9.13 Å². The van der Waals surface area contributed by atoms with Crippen LogP contribution in [0.25, 0.3) is 99.5 Å². The van der Waals surface area contributed by atoms with E-state index in [1.54, 1.807) is 0 Å². The van der Waals surface area contributed by atoms with Crippen molar-refractivity contribution in [2.45, 2.75) is 19.6 Å². The van der Waals surface area contributed by atoms with E-state index in [1.807, 2.05) is 0 Å². The van der Waals surface area contributed by atoms with Gasteiger partial charge >= 0.3 is 0 Å². The number of fused-ring (bicyclic) bond motifs is 6. The summed E-state index contributed by atoms with van der Waals surface area (Å²) < 4.78 is 4.82. The highest BCUT2D eigenvalue weighted by Crippen LogP contribution is 2.73. The van der Waals surface area contributed by atoms with Crippen molar-refractivity contribution in [3.05, 3.63) is 303 Å². The Morgan fingerprint density at radius 2 is 0.520 bits per heavy atom.